The van der Waals surface area contributed by atoms with Gasteiger partial charge in [-0.1, -0.05) is 18.2 Å². The maximum absolute atomic E-state index is 11.6. The highest BCUT2D eigenvalue weighted by molar-refractivity contribution is 5.81. The molecule has 1 aromatic rings. The van der Waals surface area contributed by atoms with E-state index in [2.05, 4.69) is 5.32 Å². The largest absolute Gasteiger partial charge is 0.496 e. The molecular formula is C14H19NO2. The minimum Gasteiger partial charge on any atom is -0.496 e. The third-order valence-corrected chi connectivity index (χ3v) is 3.06. The number of rotatable bonds is 5. The molecule has 1 atom stereocenters. The highest BCUT2D eigenvalue weighted by Gasteiger charge is 2.30. The van der Waals surface area contributed by atoms with Gasteiger partial charge in [-0.25, -0.2) is 0 Å². The number of nitrogens with one attached hydrogen (secondary N) is 1. The van der Waals surface area contributed by atoms with Gasteiger partial charge in [-0.05, 0) is 37.8 Å². The molecule has 3 heteroatoms. The fraction of sp³-hybridized carbons (Fsp3) is 0.500. The second-order valence-electron chi connectivity index (χ2n) is 4.70. The average Bonchev–Trinajstić information content (AvgIpc) is 3.13. The summed E-state index contributed by atoms with van der Waals surface area (Å²) in [4.78, 5) is 11.6. The Morgan fingerprint density at radius 2 is 2.18 bits per heavy atom. The molecule has 1 unspecified atom stereocenters. The van der Waals surface area contributed by atoms with Gasteiger partial charge in [-0.15, -0.1) is 0 Å². The Bertz CT molecular complexity index is 399. The zero-order valence-electron chi connectivity index (χ0n) is 10.4. The number of para-hydroxylation sites is 1. The van der Waals surface area contributed by atoms with Crippen molar-refractivity contribution in [3.63, 3.8) is 0 Å². The molecule has 0 aliphatic heterocycles. The lowest BCUT2D eigenvalue weighted by Crippen LogP contribution is -2.35. The van der Waals surface area contributed by atoms with E-state index in [1.807, 2.05) is 31.2 Å². The van der Waals surface area contributed by atoms with Crippen LogP contribution in [0.4, 0.5) is 0 Å². The van der Waals surface area contributed by atoms with Gasteiger partial charge in [0, 0.05) is 12.0 Å². The van der Waals surface area contributed by atoms with Crippen LogP contribution in [-0.4, -0.2) is 19.1 Å². The van der Waals surface area contributed by atoms with Gasteiger partial charge in [0.25, 0.3) is 0 Å². The topological polar surface area (TPSA) is 38.3 Å². The molecule has 17 heavy (non-hydrogen) atoms. The molecule has 1 aliphatic carbocycles. The van der Waals surface area contributed by atoms with Crippen LogP contribution < -0.4 is 10.1 Å². The van der Waals surface area contributed by atoms with Gasteiger partial charge in [0.15, 0.2) is 0 Å². The van der Waals surface area contributed by atoms with Crippen molar-refractivity contribution in [2.75, 3.05) is 7.11 Å². The molecule has 0 saturated heterocycles. The number of carbonyl (C=O) groups is 1. The Morgan fingerprint density at radius 3 is 2.82 bits per heavy atom. The SMILES string of the molecule is COc1ccccc1CC(C)NC(=O)C1CC1. The van der Waals surface area contributed by atoms with E-state index in [1.54, 1.807) is 7.11 Å². The van der Waals surface area contributed by atoms with Crippen LogP contribution in [0.5, 0.6) is 5.75 Å². The van der Waals surface area contributed by atoms with Crippen LogP contribution in [0.3, 0.4) is 0 Å². The van der Waals surface area contributed by atoms with E-state index in [0.717, 1.165) is 30.6 Å². The maximum atomic E-state index is 11.6. The molecule has 3 nitrogen and oxygen atoms in total. The molecule has 2 rings (SSSR count). The molecule has 1 saturated carbocycles. The highest BCUT2D eigenvalue weighted by atomic mass is 16.5. The van der Waals surface area contributed by atoms with Crippen LogP contribution in [0.1, 0.15) is 25.3 Å². The summed E-state index contributed by atoms with van der Waals surface area (Å²) in [5.41, 5.74) is 1.14. The molecule has 0 radical (unpaired) electrons. The molecule has 92 valence electrons. The van der Waals surface area contributed by atoms with E-state index in [-0.39, 0.29) is 17.9 Å². The molecule has 0 heterocycles. The lowest BCUT2D eigenvalue weighted by atomic mass is 10.1. The van der Waals surface area contributed by atoms with Crippen LogP contribution in [0.15, 0.2) is 24.3 Å². The third kappa shape index (κ3) is 3.22. The molecular weight excluding hydrogens is 214 g/mol. The van der Waals surface area contributed by atoms with Gasteiger partial charge in [0.2, 0.25) is 5.91 Å². The smallest absolute Gasteiger partial charge is 0.223 e. The number of hydrogen-bond donors (Lipinski definition) is 1. The summed E-state index contributed by atoms with van der Waals surface area (Å²) < 4.78 is 5.30. The van der Waals surface area contributed by atoms with Crippen molar-refractivity contribution in [2.24, 2.45) is 5.92 Å². The van der Waals surface area contributed by atoms with Crippen LogP contribution in [0.2, 0.25) is 0 Å². The van der Waals surface area contributed by atoms with Crippen molar-refractivity contribution >= 4 is 5.91 Å². The van der Waals surface area contributed by atoms with E-state index in [4.69, 9.17) is 4.74 Å². The normalized spacial score (nSPS) is 16.4. The molecule has 1 aliphatic rings. The van der Waals surface area contributed by atoms with Crippen molar-refractivity contribution in [3.05, 3.63) is 29.8 Å². The molecule has 0 spiro atoms. The quantitative estimate of drug-likeness (QED) is 0.846. The van der Waals surface area contributed by atoms with Gasteiger partial charge in [0.1, 0.15) is 5.75 Å². The molecule has 0 bridgehead atoms. The zero-order chi connectivity index (χ0) is 12.3. The van der Waals surface area contributed by atoms with E-state index < -0.39 is 0 Å². The number of benzene rings is 1. The first-order valence-electron chi connectivity index (χ1n) is 6.13. The number of amides is 1. The average molecular weight is 233 g/mol. The van der Waals surface area contributed by atoms with Crippen LogP contribution >= 0.6 is 0 Å². The first-order chi connectivity index (χ1) is 8.20. The van der Waals surface area contributed by atoms with Crippen molar-refractivity contribution in [3.8, 4) is 5.75 Å². The number of carbonyl (C=O) groups excluding carboxylic acids is 1. The molecule has 0 aromatic heterocycles. The van der Waals surface area contributed by atoms with Gasteiger partial charge in [-0.3, -0.25) is 4.79 Å². The van der Waals surface area contributed by atoms with Crippen LogP contribution in [0, 0.1) is 5.92 Å². The van der Waals surface area contributed by atoms with Crippen molar-refractivity contribution in [1.29, 1.82) is 0 Å². The van der Waals surface area contributed by atoms with Gasteiger partial charge in [0.05, 0.1) is 7.11 Å². The van der Waals surface area contributed by atoms with Gasteiger partial charge < -0.3 is 10.1 Å². The predicted molar refractivity (Wildman–Crippen MR) is 67.0 cm³/mol. The highest BCUT2D eigenvalue weighted by Crippen LogP contribution is 2.29. The van der Waals surface area contributed by atoms with Gasteiger partial charge in [-0.2, -0.15) is 0 Å². The summed E-state index contributed by atoms with van der Waals surface area (Å²) in [5.74, 6) is 1.36. The first kappa shape index (κ1) is 12.0. The van der Waals surface area contributed by atoms with E-state index in [1.165, 1.54) is 0 Å². The van der Waals surface area contributed by atoms with Crippen LogP contribution in [-0.2, 0) is 11.2 Å². The Morgan fingerprint density at radius 1 is 1.47 bits per heavy atom. The Labute approximate surface area is 102 Å². The zero-order valence-corrected chi connectivity index (χ0v) is 10.4. The predicted octanol–water partition coefficient (Wildman–Crippen LogP) is 2.15. The molecule has 1 fully saturated rings. The summed E-state index contributed by atoms with van der Waals surface area (Å²) in [7, 11) is 1.67. The van der Waals surface area contributed by atoms with E-state index >= 15 is 0 Å². The standard InChI is InChI=1S/C14H19NO2/c1-10(15-14(16)11-7-8-11)9-12-5-3-4-6-13(12)17-2/h3-6,10-11H,7-9H2,1-2H3,(H,15,16). The maximum Gasteiger partial charge on any atom is 0.223 e. The summed E-state index contributed by atoms with van der Waals surface area (Å²) in [6.07, 6.45) is 2.91. The number of methoxy groups -OCH3 is 1. The summed E-state index contributed by atoms with van der Waals surface area (Å²) in [6, 6.07) is 8.09. The van der Waals surface area contributed by atoms with Crippen molar-refractivity contribution in [2.45, 2.75) is 32.2 Å². The number of ether oxygens (including phenoxy) is 1. The van der Waals surface area contributed by atoms with Crippen molar-refractivity contribution in [1.82, 2.24) is 5.32 Å². The Hall–Kier alpha value is -1.51. The van der Waals surface area contributed by atoms with Crippen molar-refractivity contribution < 1.29 is 9.53 Å². The van der Waals surface area contributed by atoms with Gasteiger partial charge >= 0.3 is 0 Å². The Balaban J connectivity index is 1.92. The third-order valence-electron chi connectivity index (χ3n) is 3.06. The molecule has 1 N–H and O–H groups in total. The lowest BCUT2D eigenvalue weighted by Gasteiger charge is -2.15. The summed E-state index contributed by atoms with van der Waals surface area (Å²) in [6.45, 7) is 2.03. The molecule has 1 aromatic carbocycles. The molecule has 1 amide bonds. The second kappa shape index (κ2) is 5.21. The summed E-state index contributed by atoms with van der Waals surface area (Å²) >= 11 is 0. The summed E-state index contributed by atoms with van der Waals surface area (Å²) in [5, 5.41) is 3.05. The van der Waals surface area contributed by atoms with E-state index in [9.17, 15) is 4.79 Å². The minimum absolute atomic E-state index is 0.152. The van der Waals surface area contributed by atoms with Crippen LogP contribution in [0.25, 0.3) is 0 Å². The fourth-order valence-electron chi connectivity index (χ4n) is 1.96. The number of hydrogen-bond acceptors (Lipinski definition) is 2. The minimum atomic E-state index is 0.152. The first-order valence-corrected chi connectivity index (χ1v) is 6.13. The fourth-order valence-corrected chi connectivity index (χ4v) is 1.96. The monoisotopic (exact) mass is 233 g/mol. The Kier molecular flexibility index (Phi) is 3.67. The lowest BCUT2D eigenvalue weighted by molar-refractivity contribution is -0.122. The van der Waals surface area contributed by atoms with E-state index in [0.29, 0.717) is 0 Å². The second-order valence-corrected chi connectivity index (χ2v) is 4.70.